The number of carbonyl (C=O) groups is 1. The monoisotopic (exact) mass is 272 g/mol. The van der Waals surface area contributed by atoms with E-state index in [1.54, 1.807) is 7.05 Å². The third-order valence-electron chi connectivity index (χ3n) is 3.52. The highest BCUT2D eigenvalue weighted by molar-refractivity contribution is 5.76. The minimum absolute atomic E-state index is 0.0831. The summed E-state index contributed by atoms with van der Waals surface area (Å²) in [4.78, 5) is 13.3. The van der Waals surface area contributed by atoms with Gasteiger partial charge in [0.1, 0.15) is 6.61 Å². The summed E-state index contributed by atoms with van der Waals surface area (Å²) in [5.41, 5.74) is 0. The molecule has 0 spiro atoms. The lowest BCUT2D eigenvalue weighted by Gasteiger charge is -2.29. The van der Waals surface area contributed by atoms with Crippen LogP contribution in [0, 0.1) is 5.92 Å². The van der Waals surface area contributed by atoms with Crippen molar-refractivity contribution in [2.24, 2.45) is 5.92 Å². The van der Waals surface area contributed by atoms with Crippen molar-refractivity contribution in [1.29, 1.82) is 0 Å². The summed E-state index contributed by atoms with van der Waals surface area (Å²) in [6.07, 6.45) is 3.47. The molecule has 0 aromatic carbocycles. The number of hydrogen-bond donors (Lipinski definition) is 1. The molecule has 5 nitrogen and oxygen atoms in total. The van der Waals surface area contributed by atoms with E-state index in [1.807, 2.05) is 0 Å². The number of hydrogen-bond acceptors (Lipinski definition) is 4. The smallest absolute Gasteiger partial charge is 0.245 e. The average molecular weight is 272 g/mol. The first-order valence-corrected chi connectivity index (χ1v) is 7.30. The van der Waals surface area contributed by atoms with Gasteiger partial charge in [0.05, 0.1) is 6.61 Å². The molecule has 1 aliphatic heterocycles. The van der Waals surface area contributed by atoms with E-state index in [-0.39, 0.29) is 12.5 Å². The van der Waals surface area contributed by atoms with Crippen molar-refractivity contribution in [3.05, 3.63) is 0 Å². The summed E-state index contributed by atoms with van der Waals surface area (Å²) in [6, 6.07) is 0. The molecule has 0 aromatic heterocycles. The lowest BCUT2D eigenvalue weighted by molar-refractivity contribution is -0.125. The molecule has 0 saturated carbocycles. The second kappa shape index (κ2) is 10.2. The first kappa shape index (κ1) is 16.4. The molecule has 0 unspecified atom stereocenters. The third-order valence-corrected chi connectivity index (χ3v) is 3.52. The fraction of sp³-hybridized carbons (Fsp3) is 0.929. The van der Waals surface area contributed by atoms with Gasteiger partial charge in [-0.2, -0.15) is 0 Å². The van der Waals surface area contributed by atoms with Gasteiger partial charge in [-0.15, -0.1) is 0 Å². The van der Waals surface area contributed by atoms with Gasteiger partial charge in [-0.25, -0.2) is 0 Å². The molecular weight excluding hydrogens is 244 g/mol. The van der Waals surface area contributed by atoms with Crippen LogP contribution < -0.4 is 5.32 Å². The molecule has 0 bridgehead atoms. The van der Waals surface area contributed by atoms with Gasteiger partial charge in [0.2, 0.25) is 5.91 Å². The summed E-state index contributed by atoms with van der Waals surface area (Å²) in [5.74, 6) is 0.801. The predicted octanol–water partition coefficient (Wildman–Crippen LogP) is 0.888. The van der Waals surface area contributed by atoms with Crippen LogP contribution >= 0.6 is 0 Å². The lowest BCUT2D eigenvalue weighted by atomic mass is 9.99. The number of carbonyl (C=O) groups excluding carboxylic acids is 1. The highest BCUT2D eigenvalue weighted by atomic mass is 16.5. The van der Waals surface area contributed by atoms with E-state index >= 15 is 0 Å². The van der Waals surface area contributed by atoms with E-state index in [1.165, 1.54) is 25.9 Å². The van der Waals surface area contributed by atoms with Crippen molar-refractivity contribution in [2.45, 2.75) is 26.2 Å². The number of rotatable bonds is 9. The van der Waals surface area contributed by atoms with E-state index in [0.717, 1.165) is 25.5 Å². The van der Waals surface area contributed by atoms with Gasteiger partial charge >= 0.3 is 0 Å². The maximum atomic E-state index is 10.9. The molecule has 5 heteroatoms. The summed E-state index contributed by atoms with van der Waals surface area (Å²) < 4.78 is 10.8. The summed E-state index contributed by atoms with van der Waals surface area (Å²) in [5, 5.41) is 2.51. The Kier molecular flexibility index (Phi) is 8.79. The zero-order valence-corrected chi connectivity index (χ0v) is 12.3. The summed E-state index contributed by atoms with van der Waals surface area (Å²) in [7, 11) is 1.61. The van der Waals surface area contributed by atoms with Crippen LogP contribution in [0.25, 0.3) is 0 Å². The van der Waals surface area contributed by atoms with E-state index in [4.69, 9.17) is 9.47 Å². The first-order valence-electron chi connectivity index (χ1n) is 7.30. The number of nitrogens with one attached hydrogen (secondary N) is 1. The van der Waals surface area contributed by atoms with Gasteiger partial charge in [0, 0.05) is 26.8 Å². The van der Waals surface area contributed by atoms with Crippen LogP contribution in [0.3, 0.4) is 0 Å². The minimum Gasteiger partial charge on any atom is -0.380 e. The molecule has 0 aliphatic carbocycles. The SMILES string of the molecule is CNC(=O)COCCCOCCN1CCC(C)CC1. The second-order valence-electron chi connectivity index (χ2n) is 5.22. The second-order valence-corrected chi connectivity index (χ2v) is 5.22. The van der Waals surface area contributed by atoms with Gasteiger partial charge in [0.15, 0.2) is 0 Å². The molecule has 1 fully saturated rings. The molecule has 1 aliphatic rings. The molecule has 1 saturated heterocycles. The van der Waals surface area contributed by atoms with E-state index < -0.39 is 0 Å². The van der Waals surface area contributed by atoms with E-state index in [0.29, 0.717) is 13.2 Å². The minimum atomic E-state index is -0.0831. The van der Waals surface area contributed by atoms with Crippen LogP contribution in [0.15, 0.2) is 0 Å². The highest BCUT2D eigenvalue weighted by Gasteiger charge is 2.14. The van der Waals surface area contributed by atoms with Crippen LogP contribution in [-0.4, -0.2) is 63.9 Å². The number of likely N-dealkylation sites (tertiary alicyclic amines) is 1. The van der Waals surface area contributed by atoms with Crippen LogP contribution in [0.5, 0.6) is 0 Å². The fourth-order valence-corrected chi connectivity index (χ4v) is 2.08. The molecule has 0 aromatic rings. The van der Waals surface area contributed by atoms with Crippen LogP contribution in [0.1, 0.15) is 26.2 Å². The maximum absolute atomic E-state index is 10.9. The molecule has 0 atom stereocenters. The molecular formula is C14H28N2O3. The molecule has 1 amide bonds. The number of amides is 1. The van der Waals surface area contributed by atoms with Gasteiger partial charge in [-0.1, -0.05) is 6.92 Å². The number of piperidine rings is 1. The molecule has 0 radical (unpaired) electrons. The first-order chi connectivity index (χ1) is 9.22. The quantitative estimate of drug-likeness (QED) is 0.633. The van der Waals surface area contributed by atoms with Crippen molar-refractivity contribution in [3.8, 4) is 0 Å². The Hall–Kier alpha value is -0.650. The van der Waals surface area contributed by atoms with Gasteiger partial charge < -0.3 is 19.7 Å². The van der Waals surface area contributed by atoms with Gasteiger partial charge in [-0.05, 0) is 38.3 Å². The predicted molar refractivity (Wildman–Crippen MR) is 75.2 cm³/mol. The van der Waals surface area contributed by atoms with Crippen molar-refractivity contribution in [2.75, 3.05) is 53.1 Å². The Morgan fingerprint density at radius 1 is 1.21 bits per heavy atom. The Morgan fingerprint density at radius 3 is 2.58 bits per heavy atom. The number of likely N-dealkylation sites (N-methyl/N-ethyl adjacent to an activating group) is 1. The van der Waals surface area contributed by atoms with Crippen molar-refractivity contribution < 1.29 is 14.3 Å². The Labute approximate surface area is 116 Å². The third kappa shape index (κ3) is 8.18. The highest BCUT2D eigenvalue weighted by Crippen LogP contribution is 2.15. The van der Waals surface area contributed by atoms with Crippen LogP contribution in [-0.2, 0) is 14.3 Å². The number of ether oxygens (including phenoxy) is 2. The Balaban J connectivity index is 1.82. The normalized spacial score (nSPS) is 17.6. The zero-order chi connectivity index (χ0) is 13.9. The van der Waals surface area contributed by atoms with Gasteiger partial charge in [0.25, 0.3) is 0 Å². The fourth-order valence-electron chi connectivity index (χ4n) is 2.08. The Morgan fingerprint density at radius 2 is 1.89 bits per heavy atom. The number of nitrogens with zero attached hydrogens (tertiary/aromatic N) is 1. The standard InChI is InChI=1S/C14H28N2O3/c1-13-4-6-16(7-5-13)8-11-18-9-3-10-19-12-14(17)15-2/h13H,3-12H2,1-2H3,(H,15,17). The lowest BCUT2D eigenvalue weighted by Crippen LogP contribution is -2.35. The topological polar surface area (TPSA) is 50.8 Å². The van der Waals surface area contributed by atoms with Crippen LogP contribution in [0.2, 0.25) is 0 Å². The zero-order valence-electron chi connectivity index (χ0n) is 12.3. The largest absolute Gasteiger partial charge is 0.380 e. The van der Waals surface area contributed by atoms with Crippen molar-refractivity contribution in [3.63, 3.8) is 0 Å². The van der Waals surface area contributed by atoms with E-state index in [9.17, 15) is 4.79 Å². The average Bonchev–Trinajstić information content (AvgIpc) is 2.43. The van der Waals surface area contributed by atoms with Crippen molar-refractivity contribution >= 4 is 5.91 Å². The Bertz CT molecular complexity index is 241. The summed E-state index contributed by atoms with van der Waals surface area (Å²) in [6.45, 7) is 8.00. The van der Waals surface area contributed by atoms with Gasteiger partial charge in [-0.3, -0.25) is 4.79 Å². The van der Waals surface area contributed by atoms with E-state index in [2.05, 4.69) is 17.1 Å². The molecule has 1 rings (SSSR count). The summed E-state index contributed by atoms with van der Waals surface area (Å²) >= 11 is 0. The maximum Gasteiger partial charge on any atom is 0.245 e. The molecule has 19 heavy (non-hydrogen) atoms. The van der Waals surface area contributed by atoms with Crippen LogP contribution in [0.4, 0.5) is 0 Å². The molecule has 112 valence electrons. The van der Waals surface area contributed by atoms with Crippen molar-refractivity contribution in [1.82, 2.24) is 10.2 Å². The molecule has 1 heterocycles. The molecule has 1 N–H and O–H groups in total.